The molecule has 2 aliphatic rings. The first-order valence-corrected chi connectivity index (χ1v) is 9.67. The predicted molar refractivity (Wildman–Crippen MR) is 107 cm³/mol. The summed E-state index contributed by atoms with van der Waals surface area (Å²) in [5.41, 5.74) is 7.11. The van der Waals surface area contributed by atoms with Crippen molar-refractivity contribution in [3.8, 4) is 5.75 Å². The van der Waals surface area contributed by atoms with Gasteiger partial charge < -0.3 is 20.3 Å². The number of fused-ring (bicyclic) bond motifs is 2. The fraction of sp³-hybridized carbons (Fsp3) is 0.550. The molecule has 2 aliphatic carbocycles. The molecule has 0 aliphatic heterocycles. The van der Waals surface area contributed by atoms with Crippen LogP contribution in [0.1, 0.15) is 43.8 Å². The number of aryl methyl sites for hydroxylation is 1. The number of benzene rings is 1. The van der Waals surface area contributed by atoms with Crippen LogP contribution in [0, 0.1) is 24.7 Å². The minimum atomic E-state index is 0. The van der Waals surface area contributed by atoms with Crippen molar-refractivity contribution >= 4 is 24.0 Å². The second kappa shape index (κ2) is 8.92. The zero-order chi connectivity index (χ0) is 18.8. The zero-order valence-corrected chi connectivity index (χ0v) is 16.8. The molecule has 1 aromatic carbocycles. The van der Waals surface area contributed by atoms with Crippen LogP contribution >= 0.6 is 12.4 Å². The van der Waals surface area contributed by atoms with Crippen LogP contribution in [0.3, 0.4) is 0 Å². The highest BCUT2D eigenvalue weighted by Crippen LogP contribution is 2.42. The number of carbonyl (C=O) groups is 1. The van der Waals surface area contributed by atoms with E-state index in [-0.39, 0.29) is 36.9 Å². The van der Waals surface area contributed by atoms with Crippen molar-refractivity contribution < 1.29 is 14.1 Å². The standard InChI is InChI=1S/C20H26N4O3.ClH/c1-12-22-18(27-24-12)11-26-17-7-5-16(6-8-17)23-20(25)15-9-13-3-2-4-14(10-15)19(13)21;/h5-8,13-15,19H,2-4,9-11,21H2,1H3,(H,23,25);1H. The maximum atomic E-state index is 12.7. The molecule has 152 valence electrons. The van der Waals surface area contributed by atoms with Gasteiger partial charge in [0.2, 0.25) is 5.91 Å². The second-order valence-corrected chi connectivity index (χ2v) is 7.73. The fourth-order valence-corrected chi connectivity index (χ4v) is 4.43. The van der Waals surface area contributed by atoms with Crippen molar-refractivity contribution in [1.82, 2.24) is 10.1 Å². The average Bonchev–Trinajstić information content (AvgIpc) is 3.06. The number of halogens is 1. The van der Waals surface area contributed by atoms with Crippen LogP contribution in [0.4, 0.5) is 5.69 Å². The number of carbonyl (C=O) groups excluding carboxylic acids is 1. The smallest absolute Gasteiger partial charge is 0.264 e. The van der Waals surface area contributed by atoms with Gasteiger partial charge in [0.1, 0.15) is 5.75 Å². The van der Waals surface area contributed by atoms with Crippen LogP contribution in [-0.4, -0.2) is 22.1 Å². The van der Waals surface area contributed by atoms with Gasteiger partial charge in [0.25, 0.3) is 5.89 Å². The molecule has 1 aromatic heterocycles. The van der Waals surface area contributed by atoms with E-state index >= 15 is 0 Å². The summed E-state index contributed by atoms with van der Waals surface area (Å²) in [5, 5.41) is 6.77. The van der Waals surface area contributed by atoms with Gasteiger partial charge in [0.05, 0.1) is 0 Å². The number of hydrogen-bond donors (Lipinski definition) is 2. The summed E-state index contributed by atoms with van der Waals surface area (Å²) in [6.45, 7) is 1.98. The lowest BCUT2D eigenvalue weighted by Crippen LogP contribution is -2.48. The molecular formula is C20H27ClN4O3. The van der Waals surface area contributed by atoms with Crippen molar-refractivity contribution in [2.24, 2.45) is 23.5 Å². The van der Waals surface area contributed by atoms with Gasteiger partial charge in [-0.3, -0.25) is 4.79 Å². The van der Waals surface area contributed by atoms with E-state index < -0.39 is 0 Å². The SMILES string of the molecule is Cc1noc(COc2ccc(NC(=O)C3CC4CCCC(C3)C4N)cc2)n1.Cl. The largest absolute Gasteiger partial charge is 0.484 e. The quantitative estimate of drug-likeness (QED) is 0.787. The normalized spacial score (nSPS) is 26.2. The Labute approximate surface area is 170 Å². The molecule has 2 bridgehead atoms. The Balaban J connectivity index is 0.00000225. The van der Waals surface area contributed by atoms with Crippen LogP contribution in [0.15, 0.2) is 28.8 Å². The van der Waals surface area contributed by atoms with Crippen molar-refractivity contribution in [2.75, 3.05) is 5.32 Å². The van der Waals surface area contributed by atoms with Crippen LogP contribution in [0.25, 0.3) is 0 Å². The average molecular weight is 407 g/mol. The van der Waals surface area contributed by atoms with Crippen LogP contribution < -0.4 is 15.8 Å². The van der Waals surface area contributed by atoms with Gasteiger partial charge in [0, 0.05) is 17.6 Å². The van der Waals surface area contributed by atoms with Crippen molar-refractivity contribution in [2.45, 2.75) is 51.7 Å². The highest BCUT2D eigenvalue weighted by Gasteiger charge is 2.40. The first-order valence-electron chi connectivity index (χ1n) is 9.67. The summed E-state index contributed by atoms with van der Waals surface area (Å²) >= 11 is 0. The molecule has 2 fully saturated rings. The molecule has 4 rings (SSSR count). The number of nitrogens with one attached hydrogen (secondary N) is 1. The molecule has 3 N–H and O–H groups in total. The van der Waals surface area contributed by atoms with E-state index in [2.05, 4.69) is 15.5 Å². The third kappa shape index (κ3) is 4.64. The minimum absolute atomic E-state index is 0. The Bertz CT molecular complexity index is 781. The van der Waals surface area contributed by atoms with Gasteiger partial charge in [-0.15, -0.1) is 12.4 Å². The van der Waals surface area contributed by atoms with Gasteiger partial charge in [-0.25, -0.2) is 0 Å². The highest BCUT2D eigenvalue weighted by molar-refractivity contribution is 5.92. The Kier molecular flexibility index (Phi) is 6.57. The maximum absolute atomic E-state index is 12.7. The molecule has 1 amide bonds. The lowest BCUT2D eigenvalue weighted by Gasteiger charge is -2.43. The summed E-state index contributed by atoms with van der Waals surface area (Å²) in [6, 6.07) is 7.62. The van der Waals surface area contributed by atoms with E-state index in [9.17, 15) is 4.79 Å². The van der Waals surface area contributed by atoms with Gasteiger partial charge in [-0.2, -0.15) is 4.98 Å². The van der Waals surface area contributed by atoms with Gasteiger partial charge in [-0.1, -0.05) is 11.6 Å². The number of rotatable bonds is 5. The second-order valence-electron chi connectivity index (χ2n) is 7.73. The molecule has 2 aromatic rings. The Morgan fingerprint density at radius 2 is 1.93 bits per heavy atom. The van der Waals surface area contributed by atoms with Crippen molar-refractivity contribution in [3.05, 3.63) is 36.0 Å². The van der Waals surface area contributed by atoms with Crippen LogP contribution in [0.5, 0.6) is 5.75 Å². The van der Waals surface area contributed by atoms with E-state index in [1.807, 2.05) is 24.3 Å². The first-order chi connectivity index (χ1) is 13.1. The molecule has 7 nitrogen and oxygen atoms in total. The predicted octanol–water partition coefficient (Wildman–Crippen LogP) is 3.47. The summed E-state index contributed by atoms with van der Waals surface area (Å²) < 4.78 is 10.6. The molecule has 8 heteroatoms. The Morgan fingerprint density at radius 1 is 1.25 bits per heavy atom. The molecular weight excluding hydrogens is 380 g/mol. The van der Waals surface area contributed by atoms with Gasteiger partial charge in [-0.05, 0) is 68.7 Å². The summed E-state index contributed by atoms with van der Waals surface area (Å²) in [6.07, 6.45) is 5.39. The van der Waals surface area contributed by atoms with E-state index in [0.717, 1.165) is 31.4 Å². The van der Waals surface area contributed by atoms with Crippen molar-refractivity contribution in [1.29, 1.82) is 0 Å². The lowest BCUT2D eigenvalue weighted by atomic mass is 9.65. The number of ether oxygens (including phenoxy) is 1. The molecule has 2 unspecified atom stereocenters. The third-order valence-electron chi connectivity index (χ3n) is 5.84. The van der Waals surface area contributed by atoms with Crippen molar-refractivity contribution in [3.63, 3.8) is 0 Å². The number of amides is 1. The summed E-state index contributed by atoms with van der Waals surface area (Å²) in [4.78, 5) is 16.8. The lowest BCUT2D eigenvalue weighted by molar-refractivity contribution is -0.122. The zero-order valence-electron chi connectivity index (χ0n) is 16.0. The molecule has 1 heterocycles. The van der Waals surface area contributed by atoms with Crippen LogP contribution in [0.2, 0.25) is 0 Å². The fourth-order valence-electron chi connectivity index (χ4n) is 4.43. The monoisotopic (exact) mass is 406 g/mol. The summed E-state index contributed by atoms with van der Waals surface area (Å²) in [5.74, 6) is 2.87. The minimum Gasteiger partial charge on any atom is -0.484 e. The molecule has 2 saturated carbocycles. The molecule has 0 saturated heterocycles. The number of hydrogen-bond acceptors (Lipinski definition) is 6. The Morgan fingerprint density at radius 3 is 2.54 bits per heavy atom. The molecule has 0 spiro atoms. The molecule has 28 heavy (non-hydrogen) atoms. The first kappa shape index (κ1) is 20.6. The number of nitrogens with two attached hydrogens (primary N) is 1. The third-order valence-corrected chi connectivity index (χ3v) is 5.84. The topological polar surface area (TPSA) is 103 Å². The highest BCUT2D eigenvalue weighted by atomic mass is 35.5. The molecule has 2 atom stereocenters. The van der Waals surface area contributed by atoms with E-state index in [1.165, 1.54) is 6.42 Å². The van der Waals surface area contributed by atoms with E-state index in [4.69, 9.17) is 15.0 Å². The van der Waals surface area contributed by atoms with Crippen LogP contribution in [-0.2, 0) is 11.4 Å². The van der Waals surface area contributed by atoms with E-state index in [1.54, 1.807) is 6.92 Å². The van der Waals surface area contributed by atoms with E-state index in [0.29, 0.717) is 29.3 Å². The van der Waals surface area contributed by atoms with Gasteiger partial charge in [0.15, 0.2) is 12.4 Å². The Hall–Kier alpha value is -2.12. The number of nitrogens with zero attached hydrogens (tertiary/aromatic N) is 2. The molecule has 0 radical (unpaired) electrons. The number of aromatic nitrogens is 2. The number of anilines is 1. The maximum Gasteiger partial charge on any atom is 0.264 e. The summed E-state index contributed by atoms with van der Waals surface area (Å²) in [7, 11) is 0. The van der Waals surface area contributed by atoms with Gasteiger partial charge >= 0.3 is 0 Å².